The van der Waals surface area contributed by atoms with Gasteiger partial charge in [-0.3, -0.25) is 0 Å². The molecule has 134 valence electrons. The van der Waals surface area contributed by atoms with Crippen molar-refractivity contribution in [2.75, 3.05) is 0 Å². The van der Waals surface area contributed by atoms with Crippen LogP contribution in [-0.4, -0.2) is 13.9 Å². The molecule has 2 aromatic carbocycles. The minimum Gasteiger partial charge on any atom is -0.457 e. The molecule has 0 N–H and O–H groups in total. The van der Waals surface area contributed by atoms with Gasteiger partial charge in [-0.1, -0.05) is 11.6 Å². The number of alkyl halides is 3. The lowest BCUT2D eigenvalue weighted by Crippen LogP contribution is -2.23. The van der Waals surface area contributed by atoms with E-state index >= 15 is 0 Å². The number of benzene rings is 2. The van der Waals surface area contributed by atoms with Crippen molar-refractivity contribution in [3.05, 3.63) is 58.2 Å². The second kappa shape index (κ2) is 6.83. The maximum Gasteiger partial charge on any atom is 0.501 e. The Kier molecular flexibility index (Phi) is 5.12. The van der Waals surface area contributed by atoms with Crippen molar-refractivity contribution in [1.29, 1.82) is 5.26 Å². The molecule has 0 aromatic heterocycles. The van der Waals surface area contributed by atoms with Crippen LogP contribution in [0.15, 0.2) is 35.2 Å². The third-order valence-electron chi connectivity index (χ3n) is 2.99. The topological polar surface area (TPSA) is 71.5 Å². The zero-order valence-corrected chi connectivity index (χ0v) is 13.9. The fourth-order valence-corrected chi connectivity index (χ4v) is 3.20. The highest BCUT2D eigenvalue weighted by Gasteiger charge is 2.48. The molecule has 0 aliphatic carbocycles. The highest BCUT2D eigenvalue weighted by Crippen LogP contribution is 2.40. The van der Waals surface area contributed by atoms with E-state index < -0.39 is 42.4 Å². The number of hydrogen-bond acceptors (Lipinski definition) is 4. The Balaban J connectivity index is 2.58. The summed E-state index contributed by atoms with van der Waals surface area (Å²) in [4.78, 5) is 1.69. The fraction of sp³-hybridized carbons (Fsp3) is 0.0667. The number of nitriles is 1. The highest BCUT2D eigenvalue weighted by atomic mass is 35.5. The SMILES string of the molecule is [C-]#[N+]c1cc(F)cc(Oc2ccc(S(=O)(=O)C(F)(F)F)c(Cl)c2C#N)c1. The maximum absolute atomic E-state index is 13.4. The van der Waals surface area contributed by atoms with Crippen LogP contribution in [-0.2, 0) is 9.84 Å². The fourth-order valence-electron chi connectivity index (χ4n) is 1.86. The molecule has 26 heavy (non-hydrogen) atoms. The molecule has 0 aliphatic rings. The zero-order chi connectivity index (χ0) is 19.7. The van der Waals surface area contributed by atoms with Gasteiger partial charge in [-0.25, -0.2) is 17.7 Å². The smallest absolute Gasteiger partial charge is 0.457 e. The van der Waals surface area contributed by atoms with Gasteiger partial charge in [0.25, 0.3) is 9.84 Å². The van der Waals surface area contributed by atoms with Crippen LogP contribution >= 0.6 is 11.6 Å². The standard InChI is InChI=1S/C15H5ClF4N2O3S/c1-22-9-4-8(17)5-10(6-9)25-12-2-3-13(14(16)11(12)7-21)26(23,24)15(18,19)20/h2-6H. The molecule has 0 saturated carbocycles. The second-order valence-corrected chi connectivity index (χ2v) is 6.96. The molecular formula is C15H5ClF4N2O3S. The molecule has 2 aromatic rings. The predicted octanol–water partition coefficient (Wildman–Crippen LogP) is 4.99. The monoisotopic (exact) mass is 404 g/mol. The first-order chi connectivity index (χ1) is 12.0. The summed E-state index contributed by atoms with van der Waals surface area (Å²) in [6, 6.07) is 5.65. The van der Waals surface area contributed by atoms with E-state index in [4.69, 9.17) is 28.2 Å². The van der Waals surface area contributed by atoms with Crippen LogP contribution in [0.5, 0.6) is 11.5 Å². The summed E-state index contributed by atoms with van der Waals surface area (Å²) in [5.74, 6) is -1.45. The number of ether oxygens (including phenoxy) is 1. The Morgan fingerprint density at radius 2 is 1.88 bits per heavy atom. The second-order valence-electron chi connectivity index (χ2n) is 4.67. The molecule has 0 heterocycles. The van der Waals surface area contributed by atoms with E-state index in [1.807, 2.05) is 0 Å². The molecule has 2 rings (SSSR count). The Morgan fingerprint density at radius 3 is 2.42 bits per heavy atom. The third kappa shape index (κ3) is 3.57. The van der Waals surface area contributed by atoms with Gasteiger partial charge in [0.05, 0.1) is 16.5 Å². The molecule has 0 atom stereocenters. The van der Waals surface area contributed by atoms with E-state index in [0.29, 0.717) is 6.07 Å². The van der Waals surface area contributed by atoms with Crippen molar-refractivity contribution in [3.8, 4) is 17.6 Å². The lowest BCUT2D eigenvalue weighted by molar-refractivity contribution is -0.0436. The number of halogens is 5. The lowest BCUT2D eigenvalue weighted by atomic mass is 10.2. The normalized spacial score (nSPS) is 11.5. The minimum absolute atomic E-state index is 0.124. The van der Waals surface area contributed by atoms with Crippen LogP contribution in [0.2, 0.25) is 5.02 Å². The van der Waals surface area contributed by atoms with Crippen LogP contribution < -0.4 is 4.74 Å². The third-order valence-corrected chi connectivity index (χ3v) is 5.02. The minimum atomic E-state index is -5.79. The molecule has 0 aliphatic heterocycles. The van der Waals surface area contributed by atoms with Gasteiger partial charge in [-0.2, -0.15) is 18.4 Å². The molecule has 11 heteroatoms. The first kappa shape index (κ1) is 19.5. The van der Waals surface area contributed by atoms with Gasteiger partial charge in [-0.15, -0.1) is 0 Å². The summed E-state index contributed by atoms with van der Waals surface area (Å²) >= 11 is 5.66. The van der Waals surface area contributed by atoms with Gasteiger partial charge in [0.15, 0.2) is 5.69 Å². The first-order valence-electron chi connectivity index (χ1n) is 6.41. The van der Waals surface area contributed by atoms with Crippen molar-refractivity contribution in [2.45, 2.75) is 10.4 Å². The molecule has 0 fully saturated rings. The van der Waals surface area contributed by atoms with Crippen LogP contribution in [0.25, 0.3) is 4.85 Å². The molecule has 0 radical (unpaired) electrons. The van der Waals surface area contributed by atoms with Crippen molar-refractivity contribution in [1.82, 2.24) is 0 Å². The van der Waals surface area contributed by atoms with Crippen LogP contribution in [0.3, 0.4) is 0 Å². The summed E-state index contributed by atoms with van der Waals surface area (Å²) < 4.78 is 79.6. The number of hydrogen-bond donors (Lipinski definition) is 0. The van der Waals surface area contributed by atoms with E-state index in [9.17, 15) is 26.0 Å². The van der Waals surface area contributed by atoms with E-state index in [-0.39, 0.29) is 11.4 Å². The van der Waals surface area contributed by atoms with Gasteiger partial charge in [-0.05, 0) is 24.3 Å². The Hall–Kier alpha value is -2.82. The number of rotatable bonds is 3. The first-order valence-corrected chi connectivity index (χ1v) is 8.27. The summed E-state index contributed by atoms with van der Waals surface area (Å²) in [7, 11) is -5.79. The molecule has 0 saturated heterocycles. The van der Waals surface area contributed by atoms with Crippen molar-refractivity contribution < 1.29 is 30.7 Å². The highest BCUT2D eigenvalue weighted by molar-refractivity contribution is 7.92. The van der Waals surface area contributed by atoms with Crippen molar-refractivity contribution in [2.24, 2.45) is 0 Å². The van der Waals surface area contributed by atoms with Crippen molar-refractivity contribution in [3.63, 3.8) is 0 Å². The molecule has 0 bridgehead atoms. The van der Waals surface area contributed by atoms with Gasteiger partial charge >= 0.3 is 5.51 Å². The van der Waals surface area contributed by atoms with Gasteiger partial charge < -0.3 is 4.74 Å². The Labute approximate surface area is 149 Å². The average Bonchev–Trinajstić information content (AvgIpc) is 2.53. The molecule has 0 amide bonds. The van der Waals surface area contributed by atoms with E-state index in [1.165, 1.54) is 6.07 Å². The molecule has 5 nitrogen and oxygen atoms in total. The van der Waals surface area contributed by atoms with Crippen LogP contribution in [0.1, 0.15) is 5.56 Å². The van der Waals surface area contributed by atoms with Crippen LogP contribution in [0, 0.1) is 23.7 Å². The molecule has 0 unspecified atom stereocenters. The lowest BCUT2D eigenvalue weighted by Gasteiger charge is -2.13. The number of sulfone groups is 1. The van der Waals surface area contributed by atoms with Gasteiger partial charge in [0.1, 0.15) is 28.9 Å². The summed E-state index contributed by atoms with van der Waals surface area (Å²) in [5, 5.41) is 8.13. The van der Waals surface area contributed by atoms with Gasteiger partial charge in [0.2, 0.25) is 0 Å². The number of nitrogens with zero attached hydrogens (tertiary/aromatic N) is 2. The molecule has 0 spiro atoms. The maximum atomic E-state index is 13.4. The van der Waals surface area contributed by atoms with Crippen molar-refractivity contribution >= 4 is 27.1 Å². The summed E-state index contributed by atoms with van der Waals surface area (Å²) in [6.07, 6.45) is 0. The van der Waals surface area contributed by atoms with E-state index in [0.717, 1.165) is 24.3 Å². The van der Waals surface area contributed by atoms with E-state index in [2.05, 4.69) is 4.85 Å². The van der Waals surface area contributed by atoms with Crippen LogP contribution in [0.4, 0.5) is 23.2 Å². The summed E-state index contributed by atoms with van der Waals surface area (Å²) in [6.45, 7) is 6.84. The predicted molar refractivity (Wildman–Crippen MR) is 82.1 cm³/mol. The Morgan fingerprint density at radius 1 is 1.23 bits per heavy atom. The average molecular weight is 405 g/mol. The summed E-state index contributed by atoms with van der Waals surface area (Å²) in [5.41, 5.74) is -6.43. The largest absolute Gasteiger partial charge is 0.501 e. The van der Waals surface area contributed by atoms with E-state index in [1.54, 1.807) is 0 Å². The zero-order valence-electron chi connectivity index (χ0n) is 12.3. The quantitative estimate of drug-likeness (QED) is 0.534. The van der Waals surface area contributed by atoms with Gasteiger partial charge in [0, 0.05) is 6.07 Å². The Bertz CT molecular complexity index is 1070. The molecular weight excluding hydrogens is 400 g/mol.